The summed E-state index contributed by atoms with van der Waals surface area (Å²) in [6.45, 7) is 0.772. The van der Waals surface area contributed by atoms with Gasteiger partial charge in [0.2, 0.25) is 5.95 Å². The predicted molar refractivity (Wildman–Crippen MR) is 139 cm³/mol. The van der Waals surface area contributed by atoms with Crippen molar-refractivity contribution in [3.05, 3.63) is 109 Å². The molecule has 6 rings (SSSR count). The SMILES string of the molecule is c1ccc(CCNc2nccc(-c3c[nH]c4ncc(-c5cccc6ccccc56)cc34)n2)cc1. The van der Waals surface area contributed by atoms with Crippen molar-refractivity contribution in [3.63, 3.8) is 0 Å². The lowest BCUT2D eigenvalue weighted by atomic mass is 9.98. The predicted octanol–water partition coefficient (Wildman–Crippen LogP) is 6.49. The lowest BCUT2D eigenvalue weighted by Crippen LogP contribution is -2.08. The Kier molecular flexibility index (Phi) is 5.20. The Morgan fingerprint density at radius 2 is 1.62 bits per heavy atom. The van der Waals surface area contributed by atoms with E-state index in [-0.39, 0.29) is 0 Å². The summed E-state index contributed by atoms with van der Waals surface area (Å²) in [5.41, 5.74) is 6.26. The number of pyridine rings is 1. The Bertz CT molecular complexity index is 1580. The van der Waals surface area contributed by atoms with E-state index < -0.39 is 0 Å². The van der Waals surface area contributed by atoms with Gasteiger partial charge in [-0.15, -0.1) is 0 Å². The molecule has 0 amide bonds. The summed E-state index contributed by atoms with van der Waals surface area (Å²) in [4.78, 5) is 17.2. The Labute approximate surface area is 197 Å². The molecule has 0 unspecified atom stereocenters. The van der Waals surface area contributed by atoms with Crippen molar-refractivity contribution < 1.29 is 0 Å². The fourth-order valence-electron chi connectivity index (χ4n) is 4.40. The van der Waals surface area contributed by atoms with Gasteiger partial charge in [0, 0.05) is 41.6 Å². The van der Waals surface area contributed by atoms with Crippen LogP contribution in [-0.4, -0.2) is 26.5 Å². The molecule has 5 heteroatoms. The molecular weight excluding hydrogens is 418 g/mol. The van der Waals surface area contributed by atoms with E-state index in [0.717, 1.165) is 40.8 Å². The van der Waals surface area contributed by atoms with Crippen molar-refractivity contribution in [2.45, 2.75) is 6.42 Å². The minimum Gasteiger partial charge on any atom is -0.354 e. The number of aromatic nitrogens is 4. The first-order chi connectivity index (χ1) is 16.8. The highest BCUT2D eigenvalue weighted by Gasteiger charge is 2.12. The summed E-state index contributed by atoms with van der Waals surface area (Å²) < 4.78 is 0. The van der Waals surface area contributed by atoms with Crippen molar-refractivity contribution in [1.82, 2.24) is 19.9 Å². The molecule has 3 heterocycles. The van der Waals surface area contributed by atoms with E-state index in [9.17, 15) is 0 Å². The van der Waals surface area contributed by atoms with Crippen LogP contribution in [0.25, 0.3) is 44.2 Å². The maximum atomic E-state index is 4.78. The topological polar surface area (TPSA) is 66.5 Å². The standard InChI is InChI=1S/C29H23N5/c1-2-7-20(8-3-1)13-15-30-29-31-16-14-27(34-29)26-19-33-28-25(26)17-22(18-32-28)24-12-6-10-21-9-4-5-11-23(21)24/h1-12,14,16-19H,13,15H2,(H,32,33)(H,30,31,34). The molecule has 3 aromatic heterocycles. The Hall–Kier alpha value is -4.51. The number of benzene rings is 3. The number of nitrogens with zero attached hydrogens (tertiary/aromatic N) is 3. The van der Waals surface area contributed by atoms with E-state index >= 15 is 0 Å². The fourth-order valence-corrected chi connectivity index (χ4v) is 4.40. The lowest BCUT2D eigenvalue weighted by Gasteiger charge is -2.08. The van der Waals surface area contributed by atoms with Crippen molar-refractivity contribution >= 4 is 27.8 Å². The Balaban J connectivity index is 1.32. The first-order valence-electron chi connectivity index (χ1n) is 11.4. The zero-order valence-electron chi connectivity index (χ0n) is 18.6. The van der Waals surface area contributed by atoms with E-state index in [1.807, 2.05) is 24.5 Å². The van der Waals surface area contributed by atoms with Crippen LogP contribution in [-0.2, 0) is 6.42 Å². The third-order valence-electron chi connectivity index (χ3n) is 6.10. The third kappa shape index (κ3) is 3.88. The molecule has 0 aliphatic heterocycles. The van der Waals surface area contributed by atoms with Crippen LogP contribution >= 0.6 is 0 Å². The summed E-state index contributed by atoms with van der Waals surface area (Å²) in [6.07, 6.45) is 6.62. The summed E-state index contributed by atoms with van der Waals surface area (Å²) in [6, 6.07) is 29.4. The summed E-state index contributed by atoms with van der Waals surface area (Å²) in [5, 5.41) is 6.83. The number of aromatic amines is 1. The highest BCUT2D eigenvalue weighted by molar-refractivity contribution is 6.00. The van der Waals surface area contributed by atoms with Crippen LogP contribution in [0.3, 0.4) is 0 Å². The molecule has 0 saturated heterocycles. The normalized spacial score (nSPS) is 11.2. The first kappa shape index (κ1) is 20.1. The second kappa shape index (κ2) is 8.79. The quantitative estimate of drug-likeness (QED) is 0.310. The first-order valence-corrected chi connectivity index (χ1v) is 11.4. The van der Waals surface area contributed by atoms with E-state index in [0.29, 0.717) is 5.95 Å². The third-order valence-corrected chi connectivity index (χ3v) is 6.10. The second-order valence-electron chi connectivity index (χ2n) is 8.28. The van der Waals surface area contributed by atoms with Gasteiger partial charge in [-0.3, -0.25) is 0 Å². The molecule has 5 nitrogen and oxygen atoms in total. The molecule has 6 aromatic rings. The van der Waals surface area contributed by atoms with Crippen LogP contribution in [0, 0.1) is 0 Å². The van der Waals surface area contributed by atoms with Gasteiger partial charge in [-0.2, -0.15) is 0 Å². The van der Waals surface area contributed by atoms with Gasteiger partial charge >= 0.3 is 0 Å². The van der Waals surface area contributed by atoms with Crippen molar-refractivity contribution in [2.24, 2.45) is 0 Å². The summed E-state index contributed by atoms with van der Waals surface area (Å²) >= 11 is 0. The molecule has 0 radical (unpaired) electrons. The van der Waals surface area contributed by atoms with Gasteiger partial charge in [0.05, 0.1) is 5.69 Å². The van der Waals surface area contributed by atoms with Gasteiger partial charge in [0.15, 0.2) is 0 Å². The van der Waals surface area contributed by atoms with Crippen LogP contribution in [0.2, 0.25) is 0 Å². The van der Waals surface area contributed by atoms with E-state index in [1.54, 1.807) is 6.20 Å². The van der Waals surface area contributed by atoms with Crippen molar-refractivity contribution in [1.29, 1.82) is 0 Å². The highest BCUT2D eigenvalue weighted by atomic mass is 15.1. The second-order valence-corrected chi connectivity index (χ2v) is 8.28. The van der Waals surface area contributed by atoms with Crippen LogP contribution in [0.5, 0.6) is 0 Å². The number of H-pyrrole nitrogens is 1. The van der Waals surface area contributed by atoms with Crippen LogP contribution in [0.4, 0.5) is 5.95 Å². The molecule has 0 bridgehead atoms. The lowest BCUT2D eigenvalue weighted by molar-refractivity contribution is 0.985. The fraction of sp³-hybridized carbons (Fsp3) is 0.0690. The maximum absolute atomic E-state index is 4.78. The molecule has 0 fully saturated rings. The maximum Gasteiger partial charge on any atom is 0.223 e. The number of hydrogen-bond acceptors (Lipinski definition) is 4. The zero-order chi connectivity index (χ0) is 22.7. The molecule has 0 spiro atoms. The van der Waals surface area contributed by atoms with E-state index in [4.69, 9.17) is 9.97 Å². The average molecular weight is 442 g/mol. The van der Waals surface area contributed by atoms with Gasteiger partial charge < -0.3 is 10.3 Å². The molecule has 34 heavy (non-hydrogen) atoms. The van der Waals surface area contributed by atoms with Gasteiger partial charge in [-0.1, -0.05) is 72.8 Å². The number of rotatable bonds is 6. The summed E-state index contributed by atoms with van der Waals surface area (Å²) in [7, 11) is 0. The number of anilines is 1. The molecule has 3 aromatic carbocycles. The molecule has 0 atom stereocenters. The summed E-state index contributed by atoms with van der Waals surface area (Å²) in [5.74, 6) is 0.626. The van der Waals surface area contributed by atoms with Gasteiger partial charge in [-0.25, -0.2) is 15.0 Å². The molecule has 0 aliphatic rings. The van der Waals surface area contributed by atoms with E-state index in [1.165, 1.54) is 21.9 Å². The van der Waals surface area contributed by atoms with Crippen LogP contribution in [0.15, 0.2) is 104 Å². The molecular formula is C29H23N5. The molecule has 2 N–H and O–H groups in total. The number of hydrogen-bond donors (Lipinski definition) is 2. The van der Waals surface area contributed by atoms with Crippen LogP contribution in [0.1, 0.15) is 5.56 Å². The Morgan fingerprint density at radius 3 is 2.56 bits per heavy atom. The average Bonchev–Trinajstić information content (AvgIpc) is 3.33. The van der Waals surface area contributed by atoms with Crippen molar-refractivity contribution in [2.75, 3.05) is 11.9 Å². The van der Waals surface area contributed by atoms with Gasteiger partial charge in [-0.05, 0) is 40.5 Å². The van der Waals surface area contributed by atoms with Gasteiger partial charge in [0.1, 0.15) is 5.65 Å². The smallest absolute Gasteiger partial charge is 0.223 e. The molecule has 0 saturated carbocycles. The minimum atomic E-state index is 0.626. The molecule has 0 aliphatic carbocycles. The van der Waals surface area contributed by atoms with Gasteiger partial charge in [0.25, 0.3) is 0 Å². The van der Waals surface area contributed by atoms with Crippen LogP contribution < -0.4 is 5.32 Å². The zero-order valence-corrected chi connectivity index (χ0v) is 18.6. The monoisotopic (exact) mass is 441 g/mol. The minimum absolute atomic E-state index is 0.626. The molecule has 164 valence electrons. The van der Waals surface area contributed by atoms with E-state index in [2.05, 4.69) is 88.1 Å². The van der Waals surface area contributed by atoms with Crippen molar-refractivity contribution in [3.8, 4) is 22.4 Å². The number of fused-ring (bicyclic) bond motifs is 2. The Morgan fingerprint density at radius 1 is 0.765 bits per heavy atom. The highest BCUT2D eigenvalue weighted by Crippen LogP contribution is 2.33. The largest absolute Gasteiger partial charge is 0.354 e. The number of nitrogens with one attached hydrogen (secondary N) is 2.